The van der Waals surface area contributed by atoms with Gasteiger partial charge in [0.25, 0.3) is 0 Å². The van der Waals surface area contributed by atoms with Crippen LogP contribution in [0.2, 0.25) is 0 Å². The van der Waals surface area contributed by atoms with E-state index >= 15 is 0 Å². The molecule has 26 heavy (non-hydrogen) atoms. The number of hydrogen-bond donors (Lipinski definition) is 1. The maximum atomic E-state index is 12.0. The van der Waals surface area contributed by atoms with Crippen LogP contribution in [-0.2, 0) is 21.4 Å². The fourth-order valence-corrected chi connectivity index (χ4v) is 3.47. The first-order valence-electron chi connectivity index (χ1n) is 7.74. The molecule has 0 saturated heterocycles. The molecule has 0 radical (unpaired) electrons. The number of benzene rings is 1. The number of nitrogens with one attached hydrogen (secondary N) is 1. The Morgan fingerprint density at radius 1 is 1.19 bits per heavy atom. The zero-order chi connectivity index (χ0) is 19.2. The van der Waals surface area contributed by atoms with E-state index in [4.69, 9.17) is 4.74 Å². The Balaban J connectivity index is 1.83. The van der Waals surface area contributed by atoms with Gasteiger partial charge in [-0.25, -0.2) is 17.7 Å². The minimum absolute atomic E-state index is 0.121. The van der Waals surface area contributed by atoms with E-state index in [1.807, 2.05) is 24.3 Å². The first kappa shape index (κ1) is 20.2. The number of carbonyl (C=O) groups is 1. The molecule has 1 aromatic carbocycles. The lowest BCUT2D eigenvalue weighted by Crippen LogP contribution is -2.24. The summed E-state index contributed by atoms with van der Waals surface area (Å²) in [4.78, 5) is 16.2. The van der Waals surface area contributed by atoms with Gasteiger partial charge in [-0.3, -0.25) is 4.79 Å². The van der Waals surface area contributed by atoms with E-state index in [9.17, 15) is 13.2 Å². The van der Waals surface area contributed by atoms with E-state index in [-0.39, 0.29) is 16.6 Å². The average molecular weight is 396 g/mol. The summed E-state index contributed by atoms with van der Waals surface area (Å²) in [5, 5.41) is 3.41. The van der Waals surface area contributed by atoms with Crippen molar-refractivity contribution in [3.8, 4) is 5.75 Å². The van der Waals surface area contributed by atoms with Gasteiger partial charge in [-0.2, -0.15) is 0 Å². The van der Waals surface area contributed by atoms with Crippen LogP contribution in [0.25, 0.3) is 0 Å². The average Bonchev–Trinajstić information content (AvgIpc) is 2.65. The van der Waals surface area contributed by atoms with Crippen molar-refractivity contribution in [3.63, 3.8) is 0 Å². The molecule has 0 fully saturated rings. The van der Waals surface area contributed by atoms with Gasteiger partial charge in [-0.1, -0.05) is 23.9 Å². The number of sulfonamides is 1. The van der Waals surface area contributed by atoms with Crippen LogP contribution in [0.1, 0.15) is 5.56 Å². The van der Waals surface area contributed by atoms with Gasteiger partial charge < -0.3 is 10.1 Å². The van der Waals surface area contributed by atoms with Gasteiger partial charge in [0, 0.05) is 26.8 Å². The van der Waals surface area contributed by atoms with Crippen molar-refractivity contribution in [1.29, 1.82) is 0 Å². The third-order valence-electron chi connectivity index (χ3n) is 3.49. The second-order valence-corrected chi connectivity index (χ2v) is 8.68. The molecule has 0 aliphatic heterocycles. The first-order chi connectivity index (χ1) is 12.3. The minimum atomic E-state index is -3.50. The molecule has 2 aromatic rings. The van der Waals surface area contributed by atoms with E-state index in [0.29, 0.717) is 11.6 Å². The molecule has 0 unspecified atom stereocenters. The Morgan fingerprint density at radius 3 is 2.42 bits per heavy atom. The Morgan fingerprint density at radius 2 is 1.88 bits per heavy atom. The normalized spacial score (nSPS) is 11.4. The predicted octanol–water partition coefficient (Wildman–Crippen LogP) is 1.75. The fraction of sp³-hybridized carbons (Fsp3) is 0.294. The molecule has 1 aromatic heterocycles. The summed E-state index contributed by atoms with van der Waals surface area (Å²) in [7, 11) is 1.03. The van der Waals surface area contributed by atoms with Gasteiger partial charge >= 0.3 is 0 Å². The molecule has 0 saturated carbocycles. The van der Waals surface area contributed by atoms with Gasteiger partial charge in [-0.15, -0.1) is 0 Å². The molecule has 1 heterocycles. The predicted molar refractivity (Wildman–Crippen MR) is 101 cm³/mol. The second kappa shape index (κ2) is 9.02. The van der Waals surface area contributed by atoms with Gasteiger partial charge in [0.15, 0.2) is 0 Å². The molecule has 1 N–H and O–H groups in total. The summed E-state index contributed by atoms with van der Waals surface area (Å²) in [5.41, 5.74) is 0.973. The number of thioether (sulfide) groups is 1. The van der Waals surface area contributed by atoms with Crippen LogP contribution < -0.4 is 10.1 Å². The number of rotatable bonds is 8. The highest BCUT2D eigenvalue weighted by molar-refractivity contribution is 7.99. The minimum Gasteiger partial charge on any atom is -0.497 e. The lowest BCUT2D eigenvalue weighted by atomic mass is 10.2. The summed E-state index contributed by atoms with van der Waals surface area (Å²) in [6.45, 7) is 0.427. The third kappa shape index (κ3) is 5.45. The van der Waals surface area contributed by atoms with Crippen LogP contribution in [0.5, 0.6) is 5.75 Å². The number of hydrogen-bond acceptors (Lipinski definition) is 6. The van der Waals surface area contributed by atoms with E-state index in [2.05, 4.69) is 10.3 Å². The Kier molecular flexibility index (Phi) is 7.01. The second-order valence-electron chi connectivity index (χ2n) is 5.53. The standard InChI is InChI=1S/C17H21N3O4S2/c1-20(2)26(22,23)15-8-9-17(19-11-15)25-12-16(21)18-10-13-4-6-14(24-3)7-5-13/h4-9,11H,10,12H2,1-3H3,(H,18,21). The van der Waals surface area contributed by atoms with Crippen molar-refractivity contribution in [1.82, 2.24) is 14.6 Å². The van der Waals surface area contributed by atoms with Crippen molar-refractivity contribution < 1.29 is 17.9 Å². The maximum absolute atomic E-state index is 12.0. The largest absolute Gasteiger partial charge is 0.497 e. The van der Waals surface area contributed by atoms with Gasteiger partial charge in [-0.05, 0) is 29.8 Å². The Hall–Kier alpha value is -2.10. The summed E-state index contributed by atoms with van der Waals surface area (Å²) in [6.07, 6.45) is 1.30. The molecular formula is C17H21N3O4S2. The molecular weight excluding hydrogens is 374 g/mol. The van der Waals surface area contributed by atoms with Crippen LogP contribution in [0.15, 0.2) is 52.5 Å². The lowest BCUT2D eigenvalue weighted by Gasteiger charge is -2.11. The quantitative estimate of drug-likeness (QED) is 0.685. The fourth-order valence-electron chi connectivity index (χ4n) is 1.95. The van der Waals surface area contributed by atoms with Gasteiger partial charge in [0.05, 0.1) is 17.9 Å². The maximum Gasteiger partial charge on any atom is 0.244 e. The Bertz CT molecular complexity index is 835. The number of ether oxygens (including phenoxy) is 1. The highest BCUT2D eigenvalue weighted by Gasteiger charge is 2.17. The number of aromatic nitrogens is 1. The zero-order valence-corrected chi connectivity index (χ0v) is 16.4. The number of carbonyl (C=O) groups excluding carboxylic acids is 1. The molecule has 0 aliphatic rings. The van der Waals surface area contributed by atoms with Crippen molar-refractivity contribution >= 4 is 27.7 Å². The SMILES string of the molecule is COc1ccc(CNC(=O)CSc2ccc(S(=O)(=O)N(C)C)cn2)cc1. The summed E-state index contributed by atoms with van der Waals surface area (Å²) >= 11 is 1.25. The smallest absolute Gasteiger partial charge is 0.244 e. The number of nitrogens with zero attached hydrogens (tertiary/aromatic N) is 2. The van der Waals surface area contributed by atoms with E-state index in [1.54, 1.807) is 13.2 Å². The molecule has 140 valence electrons. The van der Waals surface area contributed by atoms with Crippen molar-refractivity contribution in [3.05, 3.63) is 48.2 Å². The van der Waals surface area contributed by atoms with Crippen LogP contribution in [0.3, 0.4) is 0 Å². The van der Waals surface area contributed by atoms with Crippen LogP contribution in [0.4, 0.5) is 0 Å². The molecule has 7 nitrogen and oxygen atoms in total. The molecule has 0 bridgehead atoms. The highest BCUT2D eigenvalue weighted by Crippen LogP contribution is 2.18. The van der Waals surface area contributed by atoms with Crippen LogP contribution in [0, 0.1) is 0 Å². The van der Waals surface area contributed by atoms with Gasteiger partial charge in [0.2, 0.25) is 15.9 Å². The molecule has 1 amide bonds. The van der Waals surface area contributed by atoms with Gasteiger partial charge in [0.1, 0.15) is 10.6 Å². The van der Waals surface area contributed by atoms with Crippen molar-refractivity contribution in [2.75, 3.05) is 27.0 Å². The number of amides is 1. The number of methoxy groups -OCH3 is 1. The van der Waals surface area contributed by atoms with E-state index < -0.39 is 10.0 Å². The molecule has 0 aliphatic carbocycles. The topological polar surface area (TPSA) is 88.6 Å². The van der Waals surface area contributed by atoms with Crippen molar-refractivity contribution in [2.45, 2.75) is 16.5 Å². The molecule has 2 rings (SSSR count). The van der Waals surface area contributed by atoms with Crippen LogP contribution >= 0.6 is 11.8 Å². The highest BCUT2D eigenvalue weighted by atomic mass is 32.2. The summed E-state index contributed by atoms with van der Waals surface area (Å²) in [5.74, 6) is 0.835. The van der Waals surface area contributed by atoms with Crippen LogP contribution in [-0.4, -0.2) is 50.6 Å². The lowest BCUT2D eigenvalue weighted by molar-refractivity contribution is -0.118. The third-order valence-corrected chi connectivity index (χ3v) is 6.23. The number of pyridine rings is 1. The van der Waals surface area contributed by atoms with E-state index in [1.165, 1.54) is 38.1 Å². The van der Waals surface area contributed by atoms with E-state index in [0.717, 1.165) is 15.6 Å². The van der Waals surface area contributed by atoms with Crippen molar-refractivity contribution in [2.24, 2.45) is 0 Å². The summed E-state index contributed by atoms with van der Waals surface area (Å²) < 4.78 is 30.2. The molecule has 0 atom stereocenters. The summed E-state index contributed by atoms with van der Waals surface area (Å²) in [6, 6.07) is 10.5. The first-order valence-corrected chi connectivity index (χ1v) is 10.2. The molecule has 0 spiro atoms. The monoisotopic (exact) mass is 395 g/mol. The zero-order valence-electron chi connectivity index (χ0n) is 14.8. The Labute approximate surface area is 157 Å². The molecule has 9 heteroatoms.